The quantitative estimate of drug-likeness (QED) is 0.461. The zero-order valence-electron chi connectivity index (χ0n) is 15.4. The van der Waals surface area contributed by atoms with Crippen LogP contribution in [0.3, 0.4) is 0 Å². The number of hydrogen-bond acceptors (Lipinski definition) is 4. The van der Waals surface area contributed by atoms with Crippen molar-refractivity contribution in [3.05, 3.63) is 97.1 Å². The van der Waals surface area contributed by atoms with Crippen molar-refractivity contribution in [2.24, 2.45) is 0 Å². The van der Waals surface area contributed by atoms with Gasteiger partial charge in [0.05, 0.1) is 0 Å². The minimum absolute atomic E-state index is 0. The number of para-hydroxylation sites is 4. The minimum atomic E-state index is -0.115. The Morgan fingerprint density at radius 2 is 0.483 bits per heavy atom. The molecule has 0 aliphatic rings. The van der Waals surface area contributed by atoms with Crippen LogP contribution in [-0.2, 0) is 26.2 Å². The van der Waals surface area contributed by atoms with Crippen LogP contribution in [0.1, 0.15) is 0 Å². The summed E-state index contributed by atoms with van der Waals surface area (Å²) in [6, 6.07) is 26.2. The Kier molecular flexibility index (Phi) is 8.05. The molecule has 0 fully saturated rings. The summed E-state index contributed by atoms with van der Waals surface area (Å²) >= 11 is 0. The third kappa shape index (κ3) is 5.49. The predicted molar refractivity (Wildman–Crippen MR) is 102 cm³/mol. The van der Waals surface area contributed by atoms with Crippen LogP contribution in [0, 0.1) is 0 Å². The molecule has 0 radical (unpaired) electrons. The SMILES string of the molecule is [O-]c1ccccc1-c1ccccc1[O-].[O-]c1ccccc1-c1ccccc1[O-].[Zr+4]. The number of hydrogen-bond donors (Lipinski definition) is 0. The Balaban J connectivity index is 0.000000200. The summed E-state index contributed by atoms with van der Waals surface area (Å²) < 4.78 is 0. The van der Waals surface area contributed by atoms with E-state index in [1.54, 1.807) is 72.8 Å². The molecule has 0 bridgehead atoms. The minimum Gasteiger partial charge on any atom is -0.872 e. The predicted octanol–water partition coefficient (Wildman–Crippen LogP) is 3.00. The second-order valence-electron chi connectivity index (χ2n) is 5.98. The van der Waals surface area contributed by atoms with E-state index < -0.39 is 0 Å². The molecule has 0 aliphatic carbocycles. The molecule has 140 valence electrons. The van der Waals surface area contributed by atoms with Crippen molar-refractivity contribution in [3.8, 4) is 45.3 Å². The molecule has 0 atom stereocenters. The Morgan fingerprint density at radius 1 is 0.310 bits per heavy atom. The number of rotatable bonds is 2. The van der Waals surface area contributed by atoms with Crippen LogP contribution in [0.15, 0.2) is 97.1 Å². The van der Waals surface area contributed by atoms with Crippen molar-refractivity contribution >= 4 is 0 Å². The first-order valence-electron chi connectivity index (χ1n) is 8.63. The van der Waals surface area contributed by atoms with E-state index in [4.69, 9.17) is 0 Å². The van der Waals surface area contributed by atoms with Crippen LogP contribution in [0.5, 0.6) is 23.0 Å². The van der Waals surface area contributed by atoms with Crippen molar-refractivity contribution in [1.82, 2.24) is 0 Å². The maximum absolute atomic E-state index is 11.4. The molecule has 5 heteroatoms. The first-order chi connectivity index (χ1) is 13.6. The topological polar surface area (TPSA) is 92.2 Å². The van der Waals surface area contributed by atoms with Gasteiger partial charge in [-0.15, -0.1) is 23.0 Å². The van der Waals surface area contributed by atoms with Gasteiger partial charge in [0, 0.05) is 0 Å². The molecule has 4 nitrogen and oxygen atoms in total. The van der Waals surface area contributed by atoms with E-state index >= 15 is 0 Å². The van der Waals surface area contributed by atoms with Gasteiger partial charge >= 0.3 is 26.2 Å². The maximum Gasteiger partial charge on any atom is 4.00 e. The molecule has 0 aromatic heterocycles. The largest absolute Gasteiger partial charge is 4.00 e. The summed E-state index contributed by atoms with van der Waals surface area (Å²) in [6.07, 6.45) is 0. The molecule has 0 amide bonds. The van der Waals surface area contributed by atoms with Gasteiger partial charge in [0.15, 0.2) is 0 Å². The van der Waals surface area contributed by atoms with Crippen molar-refractivity contribution < 1.29 is 46.6 Å². The normalized spacial score (nSPS) is 9.66. The van der Waals surface area contributed by atoms with Crippen LogP contribution in [-0.4, -0.2) is 0 Å². The molecule has 0 unspecified atom stereocenters. The molecule has 0 saturated carbocycles. The molecular formula is C24H16O4Zr. The van der Waals surface area contributed by atoms with E-state index in [1.165, 1.54) is 24.3 Å². The first-order valence-corrected chi connectivity index (χ1v) is 8.63. The molecule has 4 rings (SSSR count). The van der Waals surface area contributed by atoms with Gasteiger partial charge in [0.1, 0.15) is 0 Å². The fourth-order valence-electron chi connectivity index (χ4n) is 2.76. The summed E-state index contributed by atoms with van der Waals surface area (Å²) in [6.45, 7) is 0. The molecule has 4 aromatic rings. The average molecular weight is 460 g/mol. The van der Waals surface area contributed by atoms with Crippen LogP contribution in [0.25, 0.3) is 22.3 Å². The summed E-state index contributed by atoms with van der Waals surface area (Å²) in [5.41, 5.74) is 1.88. The van der Waals surface area contributed by atoms with E-state index in [2.05, 4.69) is 0 Å². The van der Waals surface area contributed by atoms with Gasteiger partial charge in [0.2, 0.25) is 0 Å². The molecule has 4 aromatic carbocycles. The standard InChI is InChI=1S/2C12H10O2.Zr/c2*13-11-7-3-1-5-9(11)10-6-2-4-8-12(10)14;/h2*1-8,13-14H;/q;;+4/p-4. The Labute approximate surface area is 188 Å². The van der Waals surface area contributed by atoms with E-state index in [-0.39, 0.29) is 49.2 Å². The van der Waals surface area contributed by atoms with Crippen molar-refractivity contribution in [3.63, 3.8) is 0 Å². The smallest absolute Gasteiger partial charge is 0.872 e. The van der Waals surface area contributed by atoms with Crippen LogP contribution in [0.2, 0.25) is 0 Å². The molecule has 29 heavy (non-hydrogen) atoms. The second-order valence-corrected chi connectivity index (χ2v) is 5.98. The van der Waals surface area contributed by atoms with Gasteiger partial charge in [-0.25, -0.2) is 0 Å². The van der Waals surface area contributed by atoms with E-state index in [1.807, 2.05) is 0 Å². The van der Waals surface area contributed by atoms with Crippen molar-refractivity contribution in [1.29, 1.82) is 0 Å². The van der Waals surface area contributed by atoms with Crippen molar-refractivity contribution in [2.75, 3.05) is 0 Å². The van der Waals surface area contributed by atoms with E-state index in [9.17, 15) is 20.4 Å². The summed E-state index contributed by atoms with van der Waals surface area (Å²) in [5.74, 6) is -0.460. The third-order valence-corrected chi connectivity index (χ3v) is 4.13. The maximum atomic E-state index is 11.4. The molecular weight excluding hydrogens is 443 g/mol. The first kappa shape index (κ1) is 22.3. The van der Waals surface area contributed by atoms with Crippen LogP contribution < -0.4 is 20.4 Å². The summed E-state index contributed by atoms with van der Waals surface area (Å²) in [7, 11) is 0. The summed E-state index contributed by atoms with van der Waals surface area (Å²) in [4.78, 5) is 0. The third-order valence-electron chi connectivity index (χ3n) is 4.13. The van der Waals surface area contributed by atoms with Gasteiger partial charge < -0.3 is 20.4 Å². The van der Waals surface area contributed by atoms with E-state index in [0.717, 1.165) is 0 Å². The van der Waals surface area contributed by atoms with E-state index in [0.29, 0.717) is 22.3 Å². The zero-order chi connectivity index (χ0) is 19.9. The molecule has 0 aliphatic heterocycles. The molecule has 0 N–H and O–H groups in total. The monoisotopic (exact) mass is 458 g/mol. The van der Waals surface area contributed by atoms with Gasteiger partial charge in [-0.3, -0.25) is 0 Å². The average Bonchev–Trinajstić information content (AvgIpc) is 2.71. The zero-order valence-corrected chi connectivity index (χ0v) is 17.8. The molecule has 0 saturated heterocycles. The molecule has 0 heterocycles. The Bertz CT molecular complexity index is 905. The van der Waals surface area contributed by atoms with Gasteiger partial charge in [-0.2, -0.15) is 0 Å². The fraction of sp³-hybridized carbons (Fsp3) is 0. The van der Waals surface area contributed by atoms with Gasteiger partial charge in [-0.1, -0.05) is 97.1 Å². The Hall–Kier alpha value is -3.04. The van der Waals surface area contributed by atoms with Crippen LogP contribution in [0.4, 0.5) is 0 Å². The van der Waals surface area contributed by atoms with Gasteiger partial charge in [0.25, 0.3) is 0 Å². The summed E-state index contributed by atoms with van der Waals surface area (Å²) in [5, 5.41) is 45.7. The second kappa shape index (κ2) is 10.5. The molecule has 0 spiro atoms. The fourth-order valence-corrected chi connectivity index (χ4v) is 2.76. The van der Waals surface area contributed by atoms with Gasteiger partial charge in [-0.05, 0) is 22.3 Å². The number of benzene rings is 4. The Morgan fingerprint density at radius 3 is 0.655 bits per heavy atom. The van der Waals surface area contributed by atoms with Crippen LogP contribution >= 0.6 is 0 Å². The van der Waals surface area contributed by atoms with Crippen molar-refractivity contribution in [2.45, 2.75) is 0 Å².